The van der Waals surface area contributed by atoms with Crippen LogP contribution in [0.5, 0.6) is 0 Å². The van der Waals surface area contributed by atoms with Gasteiger partial charge in [-0.05, 0) is 93.2 Å². The predicted molar refractivity (Wildman–Crippen MR) is 218 cm³/mol. The maximum atomic E-state index is 5.21. The van der Waals surface area contributed by atoms with Gasteiger partial charge in [0.05, 0.1) is 22.1 Å². The summed E-state index contributed by atoms with van der Waals surface area (Å²) in [6.45, 7) is 0. The Bertz CT molecular complexity index is 3290. The van der Waals surface area contributed by atoms with Gasteiger partial charge in [0.1, 0.15) is 5.82 Å². The van der Waals surface area contributed by atoms with Gasteiger partial charge in [0.25, 0.3) is 0 Å². The second kappa shape index (κ2) is 10.3. The molecule has 240 valence electrons. The number of aromatic nitrogens is 3. The fraction of sp³-hybridized carbons (Fsp3) is 0. The molecule has 8 aromatic carbocycles. The van der Waals surface area contributed by atoms with Crippen LogP contribution in [0, 0.1) is 0 Å². The molecule has 0 amide bonds. The van der Waals surface area contributed by atoms with Gasteiger partial charge < -0.3 is 4.57 Å². The third-order valence-electron chi connectivity index (χ3n) is 11.2. The van der Waals surface area contributed by atoms with Gasteiger partial charge in [0, 0.05) is 49.8 Å². The highest BCUT2D eigenvalue weighted by molar-refractivity contribution is 6.19. The molecule has 0 unspecified atom stereocenters. The molecule has 0 aliphatic heterocycles. The van der Waals surface area contributed by atoms with Gasteiger partial charge in [-0.25, -0.2) is 4.98 Å². The molecule has 3 heteroatoms. The minimum atomic E-state index is 0.978. The average molecular weight is 660 g/mol. The van der Waals surface area contributed by atoms with Crippen molar-refractivity contribution >= 4 is 65.2 Å². The SMILES string of the molecule is c1ccc(-n2c3ccc(-c4ccc5c(c4)c4ccccc4n5-c4ncc5cccc6c5c4-c4ccccc4-6)cc3c3cc4ccccc4cc32)cc1. The van der Waals surface area contributed by atoms with Crippen molar-refractivity contribution in [2.24, 2.45) is 0 Å². The summed E-state index contributed by atoms with van der Waals surface area (Å²) in [5.41, 5.74) is 13.3. The van der Waals surface area contributed by atoms with Gasteiger partial charge in [0.15, 0.2) is 0 Å². The molecule has 1 aliphatic rings. The number of hydrogen-bond donors (Lipinski definition) is 0. The van der Waals surface area contributed by atoms with E-state index < -0.39 is 0 Å². The number of para-hydroxylation sites is 2. The Morgan fingerprint density at radius 1 is 0.365 bits per heavy atom. The van der Waals surface area contributed by atoms with Crippen LogP contribution in [0.4, 0.5) is 0 Å². The third-order valence-corrected chi connectivity index (χ3v) is 11.2. The minimum absolute atomic E-state index is 0.978. The smallest absolute Gasteiger partial charge is 0.146 e. The molecule has 3 nitrogen and oxygen atoms in total. The van der Waals surface area contributed by atoms with Crippen molar-refractivity contribution in [3.05, 3.63) is 176 Å². The van der Waals surface area contributed by atoms with Crippen molar-refractivity contribution in [2.75, 3.05) is 0 Å². The molecule has 3 heterocycles. The monoisotopic (exact) mass is 659 g/mol. The van der Waals surface area contributed by atoms with Crippen molar-refractivity contribution in [3.63, 3.8) is 0 Å². The number of hydrogen-bond acceptors (Lipinski definition) is 1. The Balaban J connectivity index is 1.10. The average Bonchev–Trinajstić information content (AvgIpc) is 3.84. The highest BCUT2D eigenvalue weighted by Crippen LogP contribution is 2.50. The summed E-state index contributed by atoms with van der Waals surface area (Å²) < 4.78 is 4.78. The molecule has 0 saturated carbocycles. The summed E-state index contributed by atoms with van der Waals surface area (Å²) >= 11 is 0. The third kappa shape index (κ3) is 3.72. The maximum Gasteiger partial charge on any atom is 0.146 e. The molecule has 0 bridgehead atoms. The van der Waals surface area contributed by atoms with Crippen LogP contribution in [0.2, 0.25) is 0 Å². The van der Waals surface area contributed by atoms with Crippen LogP contribution in [0.3, 0.4) is 0 Å². The number of nitrogens with zero attached hydrogens (tertiary/aromatic N) is 3. The predicted octanol–water partition coefficient (Wildman–Crippen LogP) is 12.9. The molecule has 0 atom stereocenters. The zero-order chi connectivity index (χ0) is 33.9. The molecule has 52 heavy (non-hydrogen) atoms. The van der Waals surface area contributed by atoms with E-state index >= 15 is 0 Å². The van der Waals surface area contributed by atoms with Crippen LogP contribution in [0.1, 0.15) is 0 Å². The van der Waals surface area contributed by atoms with Crippen LogP contribution in [0.15, 0.2) is 176 Å². The fourth-order valence-corrected chi connectivity index (χ4v) is 8.97. The number of pyridine rings is 1. The zero-order valence-electron chi connectivity index (χ0n) is 28.1. The summed E-state index contributed by atoms with van der Waals surface area (Å²) in [7, 11) is 0. The van der Waals surface area contributed by atoms with E-state index in [2.05, 4.69) is 179 Å². The van der Waals surface area contributed by atoms with Crippen LogP contribution in [0.25, 0.3) is 110 Å². The lowest BCUT2D eigenvalue weighted by molar-refractivity contribution is 1.09. The summed E-state index contributed by atoms with van der Waals surface area (Å²) in [6.07, 6.45) is 2.04. The van der Waals surface area contributed by atoms with Crippen molar-refractivity contribution in [1.29, 1.82) is 0 Å². The van der Waals surface area contributed by atoms with E-state index in [9.17, 15) is 0 Å². The van der Waals surface area contributed by atoms with Crippen molar-refractivity contribution in [3.8, 4) is 44.9 Å². The Labute approximate surface area is 299 Å². The van der Waals surface area contributed by atoms with Gasteiger partial charge in [-0.2, -0.15) is 0 Å². The van der Waals surface area contributed by atoms with Gasteiger partial charge in [0.2, 0.25) is 0 Å². The second-order valence-corrected chi connectivity index (χ2v) is 14.0. The Morgan fingerprint density at radius 3 is 1.79 bits per heavy atom. The zero-order valence-corrected chi connectivity index (χ0v) is 28.1. The van der Waals surface area contributed by atoms with Gasteiger partial charge in [-0.1, -0.05) is 115 Å². The number of fused-ring (bicyclic) bond motifs is 10. The standard InChI is InChI=1S/C49H29N3/c1-2-14-35(15-3-1)51-44-23-21-33(27-41(44)42-25-30-11-4-5-12-31(30)28-46(42)51)32-22-24-45-40(26-32)37-17-8-9-20-43(37)52(45)49-48-39-18-7-6-16-36(39)38-19-10-13-34(29-50-49)47(38)48/h1-29H. The summed E-state index contributed by atoms with van der Waals surface area (Å²) in [5.74, 6) is 0.978. The second-order valence-electron chi connectivity index (χ2n) is 14.0. The van der Waals surface area contributed by atoms with E-state index in [1.807, 2.05) is 6.20 Å². The number of benzene rings is 8. The number of rotatable bonds is 3. The Kier molecular flexibility index (Phi) is 5.50. The Morgan fingerprint density at radius 2 is 0.962 bits per heavy atom. The van der Waals surface area contributed by atoms with Gasteiger partial charge in [-0.3, -0.25) is 4.57 Å². The molecule has 3 aromatic heterocycles. The molecular weight excluding hydrogens is 631 g/mol. The van der Waals surface area contributed by atoms with Crippen LogP contribution < -0.4 is 0 Å². The van der Waals surface area contributed by atoms with E-state index in [1.165, 1.54) is 93.2 Å². The first-order chi connectivity index (χ1) is 25.8. The lowest BCUT2D eigenvalue weighted by atomic mass is 10.00. The Hall–Kier alpha value is -6.97. The first-order valence-corrected chi connectivity index (χ1v) is 17.9. The van der Waals surface area contributed by atoms with Crippen molar-refractivity contribution in [2.45, 2.75) is 0 Å². The quantitative estimate of drug-likeness (QED) is 0.185. The summed E-state index contributed by atoms with van der Waals surface area (Å²) in [4.78, 5) is 5.21. The topological polar surface area (TPSA) is 22.8 Å². The first-order valence-electron chi connectivity index (χ1n) is 17.9. The molecule has 1 aliphatic carbocycles. The lowest BCUT2D eigenvalue weighted by Crippen LogP contribution is -2.00. The molecule has 0 N–H and O–H groups in total. The van der Waals surface area contributed by atoms with Crippen LogP contribution in [-0.4, -0.2) is 14.1 Å². The van der Waals surface area contributed by atoms with E-state index in [0.29, 0.717) is 0 Å². The summed E-state index contributed by atoms with van der Waals surface area (Å²) in [5, 5.41) is 9.92. The van der Waals surface area contributed by atoms with Crippen LogP contribution >= 0.6 is 0 Å². The molecule has 11 aromatic rings. The molecule has 0 spiro atoms. The molecule has 0 radical (unpaired) electrons. The lowest BCUT2D eigenvalue weighted by Gasteiger charge is -2.13. The normalized spacial score (nSPS) is 12.2. The first kappa shape index (κ1) is 27.8. The highest BCUT2D eigenvalue weighted by Gasteiger charge is 2.27. The largest absolute Gasteiger partial charge is 0.309 e. The minimum Gasteiger partial charge on any atom is -0.309 e. The molecule has 0 fully saturated rings. The van der Waals surface area contributed by atoms with E-state index in [-0.39, 0.29) is 0 Å². The van der Waals surface area contributed by atoms with Gasteiger partial charge >= 0.3 is 0 Å². The maximum absolute atomic E-state index is 5.21. The highest BCUT2D eigenvalue weighted by atomic mass is 15.1. The van der Waals surface area contributed by atoms with E-state index in [0.717, 1.165) is 16.9 Å². The van der Waals surface area contributed by atoms with Crippen LogP contribution in [-0.2, 0) is 0 Å². The molecular formula is C49H29N3. The van der Waals surface area contributed by atoms with E-state index in [4.69, 9.17) is 4.98 Å². The fourth-order valence-electron chi connectivity index (χ4n) is 8.97. The van der Waals surface area contributed by atoms with Gasteiger partial charge in [-0.15, -0.1) is 0 Å². The van der Waals surface area contributed by atoms with Crippen molar-refractivity contribution < 1.29 is 0 Å². The van der Waals surface area contributed by atoms with Crippen molar-refractivity contribution in [1.82, 2.24) is 14.1 Å². The molecule has 12 rings (SSSR count). The summed E-state index contributed by atoms with van der Waals surface area (Å²) in [6, 6.07) is 62.1. The van der Waals surface area contributed by atoms with E-state index in [1.54, 1.807) is 0 Å². The molecule has 0 saturated heterocycles.